The van der Waals surface area contributed by atoms with Crippen molar-refractivity contribution in [3.05, 3.63) is 41.6 Å². The second-order valence-electron chi connectivity index (χ2n) is 4.72. The molecule has 1 aromatic heterocycles. The molecule has 1 aromatic carbocycles. The first-order valence-electron chi connectivity index (χ1n) is 6.06. The smallest absolute Gasteiger partial charge is 0.246 e. The first-order chi connectivity index (χ1) is 9.49. The van der Waals surface area contributed by atoms with Crippen molar-refractivity contribution in [3.8, 4) is 0 Å². The number of hydrogen-bond donors (Lipinski definition) is 4. The summed E-state index contributed by atoms with van der Waals surface area (Å²) in [6, 6.07) is 6.67. The summed E-state index contributed by atoms with van der Waals surface area (Å²) in [5, 5.41) is 16.0. The maximum atomic E-state index is 12.3. The van der Waals surface area contributed by atoms with Crippen LogP contribution in [0.1, 0.15) is 17.2 Å². The van der Waals surface area contributed by atoms with E-state index >= 15 is 0 Å². The average Bonchev–Trinajstić information content (AvgIpc) is 2.95. The predicted molar refractivity (Wildman–Crippen MR) is 72.2 cm³/mol. The fourth-order valence-corrected chi connectivity index (χ4v) is 3.72. The highest BCUT2D eigenvalue weighted by Gasteiger charge is 2.35. The Morgan fingerprint density at radius 2 is 2.15 bits per heavy atom. The van der Waals surface area contributed by atoms with E-state index < -0.39 is 22.2 Å². The molecule has 0 spiro atoms. The standard InChI is InChI=1S/C12H14N4O3S/c13-12-10(6-14-15-12)20(18,19)16-11-8-4-2-1-3-7(8)5-9(11)17/h1-4,6,9,11,16-17H,5H2,(H3,13,14,15)/t9-,11+/m0/s1. The van der Waals surface area contributed by atoms with Crippen molar-refractivity contribution in [1.29, 1.82) is 0 Å². The van der Waals surface area contributed by atoms with Gasteiger partial charge in [0.2, 0.25) is 10.0 Å². The van der Waals surface area contributed by atoms with Gasteiger partial charge in [-0.25, -0.2) is 13.1 Å². The van der Waals surface area contributed by atoms with E-state index in [1.165, 1.54) is 0 Å². The zero-order chi connectivity index (χ0) is 14.3. The molecule has 20 heavy (non-hydrogen) atoms. The maximum Gasteiger partial charge on any atom is 0.246 e. The number of aromatic nitrogens is 2. The van der Waals surface area contributed by atoms with Gasteiger partial charge in [0.05, 0.1) is 18.3 Å². The number of fused-ring (bicyclic) bond motifs is 1. The minimum Gasteiger partial charge on any atom is -0.391 e. The van der Waals surface area contributed by atoms with Gasteiger partial charge >= 0.3 is 0 Å². The van der Waals surface area contributed by atoms with Crippen LogP contribution in [0.3, 0.4) is 0 Å². The molecule has 7 nitrogen and oxygen atoms in total. The van der Waals surface area contributed by atoms with Crippen LogP contribution in [0, 0.1) is 0 Å². The number of nitrogens with zero attached hydrogens (tertiary/aromatic N) is 1. The summed E-state index contributed by atoms with van der Waals surface area (Å²) in [6.45, 7) is 0. The molecule has 0 saturated carbocycles. The summed E-state index contributed by atoms with van der Waals surface area (Å²) in [6.07, 6.45) is 0.769. The zero-order valence-electron chi connectivity index (χ0n) is 10.4. The number of benzene rings is 1. The van der Waals surface area contributed by atoms with Crippen molar-refractivity contribution < 1.29 is 13.5 Å². The molecule has 3 rings (SSSR count). The van der Waals surface area contributed by atoms with E-state index in [0.29, 0.717) is 6.42 Å². The number of aromatic amines is 1. The fraction of sp³-hybridized carbons (Fsp3) is 0.250. The van der Waals surface area contributed by atoms with Crippen LogP contribution < -0.4 is 10.5 Å². The van der Waals surface area contributed by atoms with Gasteiger partial charge in [-0.15, -0.1) is 0 Å². The lowest BCUT2D eigenvalue weighted by Gasteiger charge is -2.17. The monoisotopic (exact) mass is 294 g/mol. The summed E-state index contributed by atoms with van der Waals surface area (Å²) in [4.78, 5) is -0.117. The second kappa shape index (κ2) is 4.58. The van der Waals surface area contributed by atoms with Gasteiger partial charge in [0.1, 0.15) is 10.7 Å². The Labute approximate surface area is 115 Å². The predicted octanol–water partition coefficient (Wildman–Crippen LogP) is -0.0715. The lowest BCUT2D eigenvalue weighted by molar-refractivity contribution is 0.151. The molecule has 0 fully saturated rings. The van der Waals surface area contributed by atoms with Crippen molar-refractivity contribution in [2.45, 2.75) is 23.5 Å². The van der Waals surface area contributed by atoms with Crippen molar-refractivity contribution in [2.24, 2.45) is 0 Å². The third-order valence-electron chi connectivity index (χ3n) is 3.41. The van der Waals surface area contributed by atoms with E-state index in [1.807, 2.05) is 18.2 Å². The highest BCUT2D eigenvalue weighted by Crippen LogP contribution is 2.32. The molecule has 1 heterocycles. The number of nitrogens with two attached hydrogens (primary N) is 1. The van der Waals surface area contributed by atoms with Crippen LogP contribution in [0.5, 0.6) is 0 Å². The number of sulfonamides is 1. The summed E-state index contributed by atoms with van der Waals surface area (Å²) < 4.78 is 27.0. The number of nitrogen functional groups attached to an aromatic ring is 1. The first-order valence-corrected chi connectivity index (χ1v) is 7.54. The molecule has 0 unspecified atom stereocenters. The van der Waals surface area contributed by atoms with Gasteiger partial charge in [0.15, 0.2) is 0 Å². The minimum absolute atomic E-state index is 0.0294. The SMILES string of the molecule is Nc1[nH]ncc1S(=O)(=O)N[C@@H]1c2ccccc2C[C@@H]1O. The minimum atomic E-state index is -3.84. The molecule has 8 heteroatoms. The van der Waals surface area contributed by atoms with Gasteiger partial charge in [-0.1, -0.05) is 24.3 Å². The highest BCUT2D eigenvalue weighted by molar-refractivity contribution is 7.89. The Morgan fingerprint density at radius 3 is 2.85 bits per heavy atom. The van der Waals surface area contributed by atoms with Crippen molar-refractivity contribution in [3.63, 3.8) is 0 Å². The number of nitrogens with one attached hydrogen (secondary N) is 2. The Bertz CT molecular complexity index is 741. The van der Waals surface area contributed by atoms with Crippen LogP contribution in [-0.2, 0) is 16.4 Å². The summed E-state index contributed by atoms with van der Waals surface area (Å²) in [5.74, 6) is -0.0294. The molecule has 1 aliphatic carbocycles. The first kappa shape index (κ1) is 13.1. The molecule has 2 aromatic rings. The quantitative estimate of drug-likeness (QED) is 0.631. The lowest BCUT2D eigenvalue weighted by atomic mass is 10.1. The highest BCUT2D eigenvalue weighted by atomic mass is 32.2. The van der Waals surface area contributed by atoms with E-state index in [-0.39, 0.29) is 10.7 Å². The van der Waals surface area contributed by atoms with Crippen LogP contribution >= 0.6 is 0 Å². The molecule has 2 atom stereocenters. The topological polar surface area (TPSA) is 121 Å². The second-order valence-corrected chi connectivity index (χ2v) is 6.40. The largest absolute Gasteiger partial charge is 0.391 e. The number of anilines is 1. The number of hydrogen-bond acceptors (Lipinski definition) is 5. The maximum absolute atomic E-state index is 12.3. The molecule has 5 N–H and O–H groups in total. The molecule has 0 bridgehead atoms. The van der Waals surface area contributed by atoms with Crippen LogP contribution in [0.4, 0.5) is 5.82 Å². The molecule has 0 saturated heterocycles. The average molecular weight is 294 g/mol. The van der Waals surface area contributed by atoms with Gasteiger partial charge in [0.25, 0.3) is 0 Å². The van der Waals surface area contributed by atoms with E-state index in [9.17, 15) is 13.5 Å². The number of aliphatic hydroxyl groups excluding tert-OH is 1. The van der Waals surface area contributed by atoms with Crippen LogP contribution in [0.15, 0.2) is 35.4 Å². The third kappa shape index (κ3) is 2.07. The molecular weight excluding hydrogens is 280 g/mol. The lowest BCUT2D eigenvalue weighted by Crippen LogP contribution is -2.34. The Morgan fingerprint density at radius 1 is 1.40 bits per heavy atom. The Balaban J connectivity index is 1.94. The van der Waals surface area contributed by atoms with Crippen LogP contribution in [0.25, 0.3) is 0 Å². The van der Waals surface area contributed by atoms with E-state index in [0.717, 1.165) is 17.3 Å². The molecule has 0 radical (unpaired) electrons. The van der Waals surface area contributed by atoms with Crippen molar-refractivity contribution >= 4 is 15.8 Å². The number of aliphatic hydroxyl groups is 1. The van der Waals surface area contributed by atoms with Crippen molar-refractivity contribution in [2.75, 3.05) is 5.73 Å². The van der Waals surface area contributed by atoms with E-state index in [2.05, 4.69) is 14.9 Å². The number of rotatable bonds is 3. The molecule has 106 valence electrons. The number of H-pyrrole nitrogens is 1. The Kier molecular flexibility index (Phi) is 3.00. The Hall–Kier alpha value is -1.90. The van der Waals surface area contributed by atoms with Gasteiger partial charge in [-0.05, 0) is 11.1 Å². The van der Waals surface area contributed by atoms with E-state index in [4.69, 9.17) is 5.73 Å². The summed E-state index contributed by atoms with van der Waals surface area (Å²) in [7, 11) is -3.84. The molecule has 0 aliphatic heterocycles. The molecule has 1 aliphatic rings. The van der Waals surface area contributed by atoms with Gasteiger partial charge in [0, 0.05) is 6.42 Å². The normalized spacial score (nSPS) is 21.9. The van der Waals surface area contributed by atoms with Gasteiger partial charge in [-0.2, -0.15) is 5.10 Å². The van der Waals surface area contributed by atoms with Crippen LogP contribution in [-0.4, -0.2) is 29.8 Å². The third-order valence-corrected chi connectivity index (χ3v) is 4.88. The van der Waals surface area contributed by atoms with Gasteiger partial charge in [-0.3, -0.25) is 5.10 Å². The molecule has 0 amide bonds. The van der Waals surface area contributed by atoms with E-state index in [1.54, 1.807) is 6.07 Å². The zero-order valence-corrected chi connectivity index (χ0v) is 11.3. The summed E-state index contributed by atoms with van der Waals surface area (Å²) in [5.41, 5.74) is 7.25. The summed E-state index contributed by atoms with van der Waals surface area (Å²) >= 11 is 0. The van der Waals surface area contributed by atoms with Crippen LogP contribution in [0.2, 0.25) is 0 Å². The molecular formula is C12H14N4O3S. The van der Waals surface area contributed by atoms with Gasteiger partial charge < -0.3 is 10.8 Å². The fourth-order valence-electron chi connectivity index (χ4n) is 2.45. The van der Waals surface area contributed by atoms with Crippen molar-refractivity contribution in [1.82, 2.24) is 14.9 Å².